The number of nitrogens with one attached hydrogen (secondary N) is 1. The van der Waals surface area contributed by atoms with Crippen molar-refractivity contribution < 1.29 is 22.7 Å². The highest BCUT2D eigenvalue weighted by Crippen LogP contribution is 2.29. The van der Waals surface area contributed by atoms with E-state index in [1.165, 1.54) is 29.6 Å². The molecule has 0 bridgehead atoms. The fourth-order valence-electron chi connectivity index (χ4n) is 2.97. The maximum Gasteiger partial charge on any atom is 0.338 e. The van der Waals surface area contributed by atoms with Crippen LogP contribution in [-0.2, 0) is 14.8 Å². The number of benzene rings is 2. The lowest BCUT2D eigenvalue weighted by Crippen LogP contribution is -2.28. The highest BCUT2D eigenvalue weighted by molar-refractivity contribution is 7.93. The fourth-order valence-corrected chi connectivity index (χ4v) is 5.45. The molecule has 0 aliphatic heterocycles. The molecule has 0 radical (unpaired) electrons. The van der Waals surface area contributed by atoms with E-state index in [9.17, 15) is 18.0 Å². The highest BCUT2D eigenvalue weighted by Gasteiger charge is 2.28. The van der Waals surface area contributed by atoms with Crippen LogP contribution in [0.25, 0.3) is 0 Å². The van der Waals surface area contributed by atoms with Gasteiger partial charge in [-0.3, -0.25) is 9.10 Å². The monoisotopic (exact) mass is 472 g/mol. The predicted molar refractivity (Wildman–Crippen MR) is 126 cm³/mol. The third kappa shape index (κ3) is 4.84. The molecule has 0 aliphatic carbocycles. The minimum absolute atomic E-state index is 0.0659. The van der Waals surface area contributed by atoms with Crippen molar-refractivity contribution in [1.29, 1.82) is 0 Å². The molecule has 9 heteroatoms. The molecule has 0 saturated heterocycles. The smallest absolute Gasteiger partial charge is 0.338 e. The summed E-state index contributed by atoms with van der Waals surface area (Å²) < 4.78 is 32.6. The van der Waals surface area contributed by atoms with E-state index in [1.54, 1.807) is 36.6 Å². The van der Waals surface area contributed by atoms with E-state index in [0.29, 0.717) is 16.9 Å². The Hall–Kier alpha value is -3.17. The Bertz CT molecular complexity index is 1250. The largest absolute Gasteiger partial charge is 0.462 e. The first kappa shape index (κ1) is 23.5. The van der Waals surface area contributed by atoms with Gasteiger partial charge >= 0.3 is 5.97 Å². The number of carbonyl (C=O) groups is 2. The van der Waals surface area contributed by atoms with Gasteiger partial charge in [0.2, 0.25) is 0 Å². The minimum atomic E-state index is -3.95. The number of hydrogen-bond donors (Lipinski definition) is 1. The molecule has 32 heavy (non-hydrogen) atoms. The van der Waals surface area contributed by atoms with Gasteiger partial charge in [-0.2, -0.15) is 0 Å². The Morgan fingerprint density at radius 3 is 2.34 bits per heavy atom. The molecule has 0 aliphatic rings. The van der Waals surface area contributed by atoms with Crippen molar-refractivity contribution in [1.82, 2.24) is 0 Å². The number of hydrogen-bond acceptors (Lipinski definition) is 6. The van der Waals surface area contributed by atoms with E-state index in [2.05, 4.69) is 5.32 Å². The van der Waals surface area contributed by atoms with Gasteiger partial charge in [0.25, 0.3) is 15.9 Å². The zero-order valence-corrected chi connectivity index (χ0v) is 19.8. The van der Waals surface area contributed by atoms with Crippen molar-refractivity contribution in [3.8, 4) is 0 Å². The number of esters is 1. The van der Waals surface area contributed by atoms with Gasteiger partial charge in [-0.15, -0.1) is 11.3 Å². The van der Waals surface area contributed by atoms with Crippen LogP contribution in [-0.4, -0.2) is 33.9 Å². The first-order chi connectivity index (χ1) is 15.1. The summed E-state index contributed by atoms with van der Waals surface area (Å²) in [4.78, 5) is 24.6. The quantitative estimate of drug-likeness (QED) is 0.507. The van der Waals surface area contributed by atoms with Crippen LogP contribution < -0.4 is 9.62 Å². The Labute approximate surface area is 191 Å². The summed E-state index contributed by atoms with van der Waals surface area (Å²) in [7, 11) is -2.48. The first-order valence-electron chi connectivity index (χ1n) is 9.87. The molecule has 0 atom stereocenters. The molecule has 1 heterocycles. The molecule has 168 valence electrons. The van der Waals surface area contributed by atoms with Crippen LogP contribution >= 0.6 is 11.3 Å². The van der Waals surface area contributed by atoms with Gasteiger partial charge in [-0.05, 0) is 79.7 Å². The Morgan fingerprint density at radius 2 is 1.72 bits per heavy atom. The number of sulfonamides is 1. The van der Waals surface area contributed by atoms with Gasteiger partial charge in [0.15, 0.2) is 0 Å². The second-order valence-corrected chi connectivity index (χ2v) is 9.96. The molecule has 7 nitrogen and oxygen atoms in total. The lowest BCUT2D eigenvalue weighted by atomic mass is 10.1. The van der Waals surface area contributed by atoms with Crippen molar-refractivity contribution in [3.63, 3.8) is 0 Å². The first-order valence-corrected chi connectivity index (χ1v) is 12.2. The number of rotatable bonds is 7. The molecule has 3 rings (SSSR count). The lowest BCUT2D eigenvalue weighted by molar-refractivity contribution is 0.0526. The van der Waals surface area contributed by atoms with Gasteiger partial charge in [-0.25, -0.2) is 13.2 Å². The van der Waals surface area contributed by atoms with E-state index >= 15 is 0 Å². The molecule has 1 amide bonds. The minimum Gasteiger partial charge on any atom is -0.462 e. The van der Waals surface area contributed by atoms with Crippen LogP contribution in [0.5, 0.6) is 0 Å². The Morgan fingerprint density at radius 1 is 1.03 bits per heavy atom. The van der Waals surface area contributed by atoms with Crippen molar-refractivity contribution in [3.05, 3.63) is 75.5 Å². The molecule has 0 unspecified atom stereocenters. The highest BCUT2D eigenvalue weighted by atomic mass is 32.2. The predicted octanol–water partition coefficient (Wildman–Crippen LogP) is 4.62. The fraction of sp³-hybridized carbons (Fsp3) is 0.217. The summed E-state index contributed by atoms with van der Waals surface area (Å²) in [6.07, 6.45) is 0. The average Bonchev–Trinajstić information content (AvgIpc) is 3.27. The number of amides is 1. The van der Waals surface area contributed by atoms with Crippen molar-refractivity contribution in [2.24, 2.45) is 0 Å². The third-order valence-electron chi connectivity index (χ3n) is 4.98. The van der Waals surface area contributed by atoms with Gasteiger partial charge in [0, 0.05) is 12.7 Å². The molecule has 0 fully saturated rings. The molecule has 1 N–H and O–H groups in total. The number of nitrogens with zero attached hydrogens (tertiary/aromatic N) is 1. The van der Waals surface area contributed by atoms with E-state index in [-0.39, 0.29) is 16.4 Å². The summed E-state index contributed by atoms with van der Waals surface area (Å²) in [5.41, 5.74) is 3.34. The summed E-state index contributed by atoms with van der Waals surface area (Å²) >= 11 is 1.04. The number of ether oxygens (including phenoxy) is 1. The van der Waals surface area contributed by atoms with Crippen LogP contribution in [0.4, 0.5) is 11.4 Å². The number of carbonyl (C=O) groups excluding carboxylic acids is 2. The van der Waals surface area contributed by atoms with Gasteiger partial charge < -0.3 is 10.1 Å². The van der Waals surface area contributed by atoms with Gasteiger partial charge in [0.1, 0.15) is 9.77 Å². The van der Waals surface area contributed by atoms with E-state index in [1.807, 2.05) is 19.9 Å². The molecule has 1 aromatic heterocycles. The summed E-state index contributed by atoms with van der Waals surface area (Å²) in [5, 5.41) is 4.26. The second kappa shape index (κ2) is 9.54. The molecule has 0 spiro atoms. The van der Waals surface area contributed by atoms with Crippen LogP contribution in [0.3, 0.4) is 0 Å². The molecular weight excluding hydrogens is 448 g/mol. The zero-order chi connectivity index (χ0) is 23.5. The lowest BCUT2D eigenvalue weighted by Gasteiger charge is -2.20. The summed E-state index contributed by atoms with van der Waals surface area (Å²) in [5.74, 6) is -0.998. The van der Waals surface area contributed by atoms with Crippen molar-refractivity contribution in [2.45, 2.75) is 25.7 Å². The van der Waals surface area contributed by atoms with Gasteiger partial charge in [0.05, 0.1) is 17.9 Å². The third-order valence-corrected chi connectivity index (χ3v) is 7.85. The average molecular weight is 473 g/mol. The van der Waals surface area contributed by atoms with Crippen molar-refractivity contribution in [2.75, 3.05) is 23.3 Å². The van der Waals surface area contributed by atoms with Gasteiger partial charge in [-0.1, -0.05) is 6.07 Å². The Balaban J connectivity index is 1.83. The van der Waals surface area contributed by atoms with Crippen LogP contribution in [0.1, 0.15) is 38.1 Å². The SMILES string of the molecule is CCOC(=O)c1ccc(NC(=O)c2sccc2S(=O)(=O)N(C)c2ccc(C)c(C)c2)cc1. The maximum absolute atomic E-state index is 13.3. The Kier molecular flexibility index (Phi) is 7.00. The van der Waals surface area contributed by atoms with Crippen LogP contribution in [0.15, 0.2) is 58.8 Å². The zero-order valence-electron chi connectivity index (χ0n) is 18.2. The van der Waals surface area contributed by atoms with Crippen LogP contribution in [0.2, 0.25) is 0 Å². The second-order valence-electron chi connectivity index (χ2n) is 7.11. The van der Waals surface area contributed by atoms with E-state index in [0.717, 1.165) is 22.5 Å². The topological polar surface area (TPSA) is 92.8 Å². The van der Waals surface area contributed by atoms with Crippen LogP contribution in [0, 0.1) is 13.8 Å². The molecule has 0 saturated carbocycles. The normalized spacial score (nSPS) is 11.1. The number of thiophene rings is 1. The standard InChI is InChI=1S/C23H24N2O5S2/c1-5-30-23(27)17-7-9-18(10-8-17)24-22(26)21-20(12-13-31-21)32(28,29)25(4)19-11-6-15(2)16(3)14-19/h6-14H,5H2,1-4H3,(H,24,26). The molecular formula is C23H24N2O5S2. The molecule has 2 aromatic carbocycles. The molecule has 3 aromatic rings. The summed E-state index contributed by atoms with van der Waals surface area (Å²) in [6, 6.07) is 13.0. The summed E-state index contributed by atoms with van der Waals surface area (Å²) in [6.45, 7) is 5.85. The van der Waals surface area contributed by atoms with E-state index < -0.39 is 21.9 Å². The maximum atomic E-state index is 13.3. The number of anilines is 2. The number of aryl methyl sites for hydroxylation is 2. The van der Waals surface area contributed by atoms with E-state index in [4.69, 9.17) is 4.74 Å². The van der Waals surface area contributed by atoms with Crippen molar-refractivity contribution >= 4 is 44.6 Å².